The smallest absolute Gasteiger partial charge is 0.326 e. The van der Waals surface area contributed by atoms with Crippen LogP contribution in [0.15, 0.2) is 28.8 Å². The Morgan fingerprint density at radius 3 is 2.45 bits per heavy atom. The van der Waals surface area contributed by atoms with Crippen LogP contribution in [-0.4, -0.2) is 38.0 Å². The van der Waals surface area contributed by atoms with Gasteiger partial charge >= 0.3 is 5.97 Å². The van der Waals surface area contributed by atoms with E-state index < -0.39 is 17.9 Å². The van der Waals surface area contributed by atoms with Crippen molar-refractivity contribution >= 4 is 23.5 Å². The number of nitrogens with one attached hydrogen (secondary N) is 1. The summed E-state index contributed by atoms with van der Waals surface area (Å²) in [5.41, 5.74) is 1.38. The number of rotatable bonds is 7. The van der Waals surface area contributed by atoms with Gasteiger partial charge in [0.25, 0.3) is 5.91 Å². The highest BCUT2D eigenvalue weighted by Crippen LogP contribution is 2.38. The number of carbonyl (C=O) groups excluding carboxylic acids is 1. The first-order chi connectivity index (χ1) is 14.6. The largest absolute Gasteiger partial charge is 0.480 e. The van der Waals surface area contributed by atoms with Gasteiger partial charge in [0, 0.05) is 12.1 Å². The Kier molecular flexibility index (Phi) is 6.35. The highest BCUT2D eigenvalue weighted by molar-refractivity contribution is 6.30. The van der Waals surface area contributed by atoms with E-state index in [9.17, 15) is 14.7 Å². The molecule has 3 rings (SSSR count). The van der Waals surface area contributed by atoms with E-state index >= 15 is 0 Å². The van der Waals surface area contributed by atoms with Crippen LogP contribution in [0.1, 0.15) is 35.7 Å². The molecule has 0 aliphatic rings. The van der Waals surface area contributed by atoms with Crippen LogP contribution in [0.4, 0.5) is 0 Å². The minimum Gasteiger partial charge on any atom is -0.480 e. The number of amides is 1. The maximum absolute atomic E-state index is 13.0. The lowest BCUT2D eigenvalue weighted by atomic mass is 10.0. The molecule has 0 aliphatic carbocycles. The molecule has 2 heterocycles. The molecule has 2 aromatic heterocycles. The molecular formula is C21H23ClN4O5. The molecule has 0 fully saturated rings. The maximum Gasteiger partial charge on any atom is 0.326 e. The molecule has 0 saturated heterocycles. The zero-order chi connectivity index (χ0) is 22.9. The molecule has 9 nitrogen and oxygen atoms in total. The van der Waals surface area contributed by atoms with E-state index in [1.807, 2.05) is 0 Å². The van der Waals surface area contributed by atoms with E-state index in [1.54, 1.807) is 59.0 Å². The summed E-state index contributed by atoms with van der Waals surface area (Å²) in [6.07, 6.45) is 0. The molecule has 0 unspecified atom stereocenters. The van der Waals surface area contributed by atoms with Gasteiger partial charge in [0.1, 0.15) is 28.8 Å². The summed E-state index contributed by atoms with van der Waals surface area (Å²) in [4.78, 5) is 24.5. The van der Waals surface area contributed by atoms with Gasteiger partial charge in [-0.15, -0.1) is 0 Å². The number of aryl methyl sites for hydroxylation is 3. The summed E-state index contributed by atoms with van der Waals surface area (Å²) in [5.74, 6) is -0.916. The number of halogens is 1. The molecule has 0 saturated carbocycles. The number of hydrogen-bond acceptors (Lipinski definition) is 6. The third kappa shape index (κ3) is 4.56. The average Bonchev–Trinajstić information content (AvgIpc) is 3.19. The minimum atomic E-state index is -1.12. The van der Waals surface area contributed by atoms with Gasteiger partial charge in [0.05, 0.1) is 11.3 Å². The molecule has 31 heavy (non-hydrogen) atoms. The van der Waals surface area contributed by atoms with E-state index in [4.69, 9.17) is 20.9 Å². The fraction of sp³-hybridized carbons (Fsp3) is 0.333. The second-order valence-corrected chi connectivity index (χ2v) is 7.88. The Labute approximate surface area is 183 Å². The van der Waals surface area contributed by atoms with Crippen molar-refractivity contribution in [3.63, 3.8) is 0 Å². The molecular weight excluding hydrogens is 424 g/mol. The fourth-order valence-electron chi connectivity index (χ4n) is 3.18. The predicted octanol–water partition coefficient (Wildman–Crippen LogP) is 3.98. The molecule has 1 atom stereocenters. The number of ether oxygens (including phenoxy) is 1. The number of aliphatic carboxylic acids is 1. The molecule has 0 spiro atoms. The standard InChI is InChI=1S/C21H23ClN4O5/c1-10(2)17(21(28)29)23-19(27)16-12(4)31-25-18(16)15-11(3)24-26(5)20(15)30-14-8-6-13(22)7-9-14/h6-10,17H,1-5H3,(H,23,27)(H,28,29)/t17-/m0/s1. The topological polar surface area (TPSA) is 119 Å². The Morgan fingerprint density at radius 2 is 1.87 bits per heavy atom. The van der Waals surface area contributed by atoms with Gasteiger partial charge in [-0.05, 0) is 44.0 Å². The second-order valence-electron chi connectivity index (χ2n) is 7.44. The Bertz CT molecular complexity index is 1120. The lowest BCUT2D eigenvalue weighted by Crippen LogP contribution is -2.44. The number of nitrogens with zero attached hydrogens (tertiary/aromatic N) is 3. The van der Waals surface area contributed by atoms with Gasteiger partial charge in [-0.3, -0.25) is 4.79 Å². The summed E-state index contributed by atoms with van der Waals surface area (Å²) in [6.45, 7) is 6.76. The monoisotopic (exact) mass is 446 g/mol. The van der Waals surface area contributed by atoms with Crippen molar-refractivity contribution in [3.05, 3.63) is 46.3 Å². The second kappa shape index (κ2) is 8.81. The van der Waals surface area contributed by atoms with E-state index in [2.05, 4.69) is 15.6 Å². The third-order valence-corrected chi connectivity index (χ3v) is 5.00. The molecule has 1 aromatic carbocycles. The lowest BCUT2D eigenvalue weighted by Gasteiger charge is -2.18. The molecule has 3 aromatic rings. The van der Waals surface area contributed by atoms with E-state index in [0.29, 0.717) is 27.9 Å². The quantitative estimate of drug-likeness (QED) is 0.563. The minimum absolute atomic E-state index is 0.129. The average molecular weight is 447 g/mol. The maximum atomic E-state index is 13.0. The summed E-state index contributed by atoms with van der Waals surface area (Å²) in [7, 11) is 1.70. The van der Waals surface area contributed by atoms with Crippen molar-refractivity contribution in [2.24, 2.45) is 13.0 Å². The Hall–Kier alpha value is -3.33. The summed E-state index contributed by atoms with van der Waals surface area (Å²) in [6, 6.07) is 5.73. The summed E-state index contributed by atoms with van der Waals surface area (Å²) >= 11 is 5.94. The van der Waals surface area contributed by atoms with Crippen LogP contribution in [0.2, 0.25) is 5.02 Å². The van der Waals surface area contributed by atoms with Crippen LogP contribution in [0.5, 0.6) is 11.6 Å². The summed E-state index contributed by atoms with van der Waals surface area (Å²) < 4.78 is 12.8. The molecule has 1 amide bonds. The van der Waals surface area contributed by atoms with E-state index in [-0.39, 0.29) is 22.9 Å². The lowest BCUT2D eigenvalue weighted by molar-refractivity contribution is -0.140. The van der Waals surface area contributed by atoms with Crippen molar-refractivity contribution in [2.75, 3.05) is 0 Å². The van der Waals surface area contributed by atoms with Crippen molar-refractivity contribution in [2.45, 2.75) is 33.7 Å². The third-order valence-electron chi connectivity index (χ3n) is 4.74. The number of hydrogen-bond donors (Lipinski definition) is 2. The number of carboxylic acid groups (broad SMARTS) is 1. The number of carbonyl (C=O) groups is 2. The Balaban J connectivity index is 2.04. The zero-order valence-corrected chi connectivity index (χ0v) is 18.5. The van der Waals surface area contributed by atoms with Crippen LogP contribution in [0.3, 0.4) is 0 Å². The van der Waals surface area contributed by atoms with Gasteiger partial charge in [-0.1, -0.05) is 30.6 Å². The molecule has 164 valence electrons. The molecule has 2 N–H and O–H groups in total. The van der Waals surface area contributed by atoms with Crippen molar-refractivity contribution in [1.82, 2.24) is 20.3 Å². The molecule has 0 bridgehead atoms. The molecule has 10 heteroatoms. The molecule has 0 aliphatic heterocycles. The van der Waals surface area contributed by atoms with E-state index in [0.717, 1.165) is 0 Å². The van der Waals surface area contributed by atoms with Gasteiger partial charge in [-0.25, -0.2) is 9.48 Å². The van der Waals surface area contributed by atoms with Crippen LogP contribution in [0, 0.1) is 19.8 Å². The number of aromatic nitrogens is 3. The zero-order valence-electron chi connectivity index (χ0n) is 17.8. The van der Waals surface area contributed by atoms with Crippen LogP contribution < -0.4 is 10.1 Å². The Morgan fingerprint density at radius 1 is 1.23 bits per heavy atom. The fourth-order valence-corrected chi connectivity index (χ4v) is 3.30. The first-order valence-electron chi connectivity index (χ1n) is 9.57. The first kappa shape index (κ1) is 22.4. The van der Waals surface area contributed by atoms with Crippen LogP contribution in [-0.2, 0) is 11.8 Å². The van der Waals surface area contributed by atoms with Gasteiger partial charge in [0.2, 0.25) is 5.88 Å². The number of carboxylic acids is 1. The highest BCUT2D eigenvalue weighted by atomic mass is 35.5. The van der Waals surface area contributed by atoms with Gasteiger partial charge < -0.3 is 19.7 Å². The number of benzene rings is 1. The normalized spacial score (nSPS) is 12.1. The van der Waals surface area contributed by atoms with Crippen molar-refractivity contribution in [1.29, 1.82) is 0 Å². The highest BCUT2D eigenvalue weighted by Gasteiger charge is 2.31. The van der Waals surface area contributed by atoms with Gasteiger partial charge in [-0.2, -0.15) is 5.10 Å². The van der Waals surface area contributed by atoms with Crippen LogP contribution >= 0.6 is 11.6 Å². The first-order valence-corrected chi connectivity index (χ1v) is 9.95. The van der Waals surface area contributed by atoms with E-state index in [1.165, 1.54) is 4.68 Å². The van der Waals surface area contributed by atoms with Crippen molar-refractivity contribution < 1.29 is 24.0 Å². The molecule has 0 radical (unpaired) electrons. The van der Waals surface area contributed by atoms with Crippen LogP contribution in [0.25, 0.3) is 11.3 Å². The van der Waals surface area contributed by atoms with Crippen molar-refractivity contribution in [3.8, 4) is 22.9 Å². The summed E-state index contributed by atoms with van der Waals surface area (Å²) in [5, 5.41) is 21.0. The SMILES string of the molecule is Cc1nn(C)c(Oc2ccc(Cl)cc2)c1-c1noc(C)c1C(=O)N[C@H](C(=O)O)C(C)C. The van der Waals surface area contributed by atoms with Gasteiger partial charge in [0.15, 0.2) is 0 Å². The predicted molar refractivity (Wildman–Crippen MR) is 113 cm³/mol.